The minimum absolute atomic E-state index is 0.112. The van der Waals surface area contributed by atoms with Gasteiger partial charge in [0.15, 0.2) is 0 Å². The summed E-state index contributed by atoms with van der Waals surface area (Å²) >= 11 is 0. The lowest BCUT2D eigenvalue weighted by Crippen LogP contribution is -2.50. The van der Waals surface area contributed by atoms with E-state index in [-0.39, 0.29) is 17.7 Å². The van der Waals surface area contributed by atoms with Gasteiger partial charge in [-0.1, -0.05) is 13.8 Å². The maximum absolute atomic E-state index is 12.7. The Morgan fingerprint density at radius 1 is 1.15 bits per heavy atom. The molecule has 142 valence electrons. The molecule has 0 aliphatic rings. The first-order chi connectivity index (χ1) is 12.2. The van der Waals surface area contributed by atoms with Gasteiger partial charge >= 0.3 is 0 Å². The number of hydrogen-bond acceptors (Lipinski definition) is 5. The molecule has 0 aliphatic carbocycles. The smallest absolute Gasteiger partial charge is 0.252 e. The molecule has 0 saturated heterocycles. The van der Waals surface area contributed by atoms with E-state index in [4.69, 9.17) is 14.7 Å². The van der Waals surface area contributed by atoms with Gasteiger partial charge in [0.1, 0.15) is 17.5 Å². The number of carbonyl (C=O) groups excluding carboxylic acids is 2. The SMILES string of the molecule is COc1cc(OC)cc(C(=O)NC(C(=O)N(C)CC(C)C#N)C(C)C)c1. The fourth-order valence-electron chi connectivity index (χ4n) is 2.46. The molecule has 0 saturated carbocycles. The van der Waals surface area contributed by atoms with E-state index in [1.807, 2.05) is 13.8 Å². The number of amides is 2. The zero-order chi connectivity index (χ0) is 19.9. The molecule has 2 amide bonds. The van der Waals surface area contributed by atoms with Gasteiger partial charge in [0.05, 0.1) is 26.2 Å². The minimum atomic E-state index is -0.699. The van der Waals surface area contributed by atoms with Crippen molar-refractivity contribution in [2.24, 2.45) is 11.8 Å². The number of rotatable bonds is 8. The van der Waals surface area contributed by atoms with Crippen molar-refractivity contribution in [3.8, 4) is 17.6 Å². The normalized spacial score (nSPS) is 12.7. The Hall–Kier alpha value is -2.75. The molecule has 2 atom stereocenters. The highest BCUT2D eigenvalue weighted by Crippen LogP contribution is 2.22. The van der Waals surface area contributed by atoms with Crippen LogP contribution in [0.3, 0.4) is 0 Å². The first kappa shape index (κ1) is 21.3. The lowest BCUT2D eigenvalue weighted by Gasteiger charge is -2.27. The minimum Gasteiger partial charge on any atom is -0.497 e. The molecule has 0 fully saturated rings. The number of methoxy groups -OCH3 is 2. The largest absolute Gasteiger partial charge is 0.497 e. The summed E-state index contributed by atoms with van der Waals surface area (Å²) in [7, 11) is 4.64. The van der Waals surface area contributed by atoms with Crippen molar-refractivity contribution < 1.29 is 19.1 Å². The molecule has 0 radical (unpaired) electrons. The van der Waals surface area contributed by atoms with E-state index < -0.39 is 11.9 Å². The van der Waals surface area contributed by atoms with Gasteiger partial charge in [0.25, 0.3) is 5.91 Å². The standard InChI is InChI=1S/C19H27N3O4/c1-12(2)17(19(24)22(4)11-13(3)10-20)21-18(23)14-7-15(25-5)9-16(8-14)26-6/h7-9,12-13,17H,11H2,1-6H3,(H,21,23). The molecule has 7 heteroatoms. The van der Waals surface area contributed by atoms with Crippen molar-refractivity contribution in [3.63, 3.8) is 0 Å². The summed E-state index contributed by atoms with van der Waals surface area (Å²) < 4.78 is 10.4. The van der Waals surface area contributed by atoms with Crippen LogP contribution in [0.4, 0.5) is 0 Å². The zero-order valence-electron chi connectivity index (χ0n) is 16.2. The van der Waals surface area contributed by atoms with Gasteiger partial charge in [-0.05, 0) is 25.0 Å². The molecule has 2 unspecified atom stereocenters. The van der Waals surface area contributed by atoms with Gasteiger partial charge < -0.3 is 19.7 Å². The Labute approximate surface area is 154 Å². The van der Waals surface area contributed by atoms with Gasteiger partial charge in [0.2, 0.25) is 5.91 Å². The number of ether oxygens (including phenoxy) is 2. The van der Waals surface area contributed by atoms with Crippen molar-refractivity contribution in [1.29, 1.82) is 5.26 Å². The Balaban J connectivity index is 2.98. The van der Waals surface area contributed by atoms with E-state index >= 15 is 0 Å². The van der Waals surface area contributed by atoms with E-state index in [1.165, 1.54) is 19.1 Å². The third-order valence-electron chi connectivity index (χ3n) is 3.98. The average Bonchev–Trinajstić information content (AvgIpc) is 2.64. The zero-order valence-corrected chi connectivity index (χ0v) is 16.2. The average molecular weight is 361 g/mol. The van der Waals surface area contributed by atoms with Crippen molar-refractivity contribution in [1.82, 2.24) is 10.2 Å². The second kappa shape index (κ2) is 9.66. The highest BCUT2D eigenvalue weighted by atomic mass is 16.5. The van der Waals surface area contributed by atoms with E-state index in [0.717, 1.165) is 0 Å². The van der Waals surface area contributed by atoms with Crippen molar-refractivity contribution in [2.75, 3.05) is 27.8 Å². The number of nitriles is 1. The van der Waals surface area contributed by atoms with E-state index in [2.05, 4.69) is 11.4 Å². The summed E-state index contributed by atoms with van der Waals surface area (Å²) in [5, 5.41) is 11.7. The predicted octanol–water partition coefficient (Wildman–Crippen LogP) is 2.08. The maximum Gasteiger partial charge on any atom is 0.252 e. The predicted molar refractivity (Wildman–Crippen MR) is 98.1 cm³/mol. The second-order valence-corrected chi connectivity index (χ2v) is 6.55. The second-order valence-electron chi connectivity index (χ2n) is 6.55. The number of likely N-dealkylation sites (N-methyl/N-ethyl adjacent to an activating group) is 1. The van der Waals surface area contributed by atoms with E-state index in [9.17, 15) is 9.59 Å². The summed E-state index contributed by atoms with van der Waals surface area (Å²) in [5.41, 5.74) is 0.340. The van der Waals surface area contributed by atoms with Gasteiger partial charge in [-0.3, -0.25) is 9.59 Å². The molecule has 0 bridgehead atoms. The third-order valence-corrected chi connectivity index (χ3v) is 3.98. The lowest BCUT2D eigenvalue weighted by atomic mass is 10.0. The van der Waals surface area contributed by atoms with Gasteiger partial charge in [-0.2, -0.15) is 5.26 Å². The first-order valence-corrected chi connectivity index (χ1v) is 8.42. The molecular weight excluding hydrogens is 334 g/mol. The number of nitrogens with one attached hydrogen (secondary N) is 1. The topological polar surface area (TPSA) is 91.7 Å². The van der Waals surface area contributed by atoms with Crippen LogP contribution in [0.1, 0.15) is 31.1 Å². The van der Waals surface area contributed by atoms with Crippen LogP contribution in [0.25, 0.3) is 0 Å². The van der Waals surface area contributed by atoms with E-state index in [1.54, 1.807) is 32.2 Å². The Morgan fingerprint density at radius 2 is 1.69 bits per heavy atom. The number of benzene rings is 1. The molecule has 1 aromatic carbocycles. The fourth-order valence-corrected chi connectivity index (χ4v) is 2.46. The molecule has 1 rings (SSSR count). The summed E-state index contributed by atoms with van der Waals surface area (Å²) in [6.45, 7) is 5.77. The van der Waals surface area contributed by atoms with E-state index in [0.29, 0.717) is 23.6 Å². The van der Waals surface area contributed by atoms with Crippen LogP contribution in [0.5, 0.6) is 11.5 Å². The quantitative estimate of drug-likeness (QED) is 0.765. The molecule has 0 spiro atoms. The summed E-state index contributed by atoms with van der Waals surface area (Å²) in [5.74, 6) is -0.0426. The highest BCUT2D eigenvalue weighted by molar-refractivity contribution is 5.98. The fraction of sp³-hybridized carbons (Fsp3) is 0.526. The van der Waals surface area contributed by atoms with Crippen LogP contribution in [0.2, 0.25) is 0 Å². The van der Waals surface area contributed by atoms with Crippen molar-refractivity contribution in [3.05, 3.63) is 23.8 Å². The lowest BCUT2D eigenvalue weighted by molar-refractivity contribution is -0.133. The molecule has 7 nitrogen and oxygen atoms in total. The monoisotopic (exact) mass is 361 g/mol. The maximum atomic E-state index is 12.7. The first-order valence-electron chi connectivity index (χ1n) is 8.42. The molecular formula is C19H27N3O4. The molecule has 0 heterocycles. The van der Waals surface area contributed by atoms with Gasteiger partial charge in [-0.15, -0.1) is 0 Å². The highest BCUT2D eigenvalue weighted by Gasteiger charge is 2.28. The van der Waals surface area contributed by atoms with Crippen LogP contribution in [0.15, 0.2) is 18.2 Å². The third kappa shape index (κ3) is 5.66. The Morgan fingerprint density at radius 3 is 2.12 bits per heavy atom. The van der Waals surface area contributed by atoms with Crippen LogP contribution in [-0.2, 0) is 4.79 Å². The van der Waals surface area contributed by atoms with Gasteiger partial charge in [-0.25, -0.2) is 0 Å². The number of nitrogens with zero attached hydrogens (tertiary/aromatic N) is 2. The summed E-state index contributed by atoms with van der Waals surface area (Å²) in [4.78, 5) is 26.8. The molecule has 0 aromatic heterocycles. The summed E-state index contributed by atoms with van der Waals surface area (Å²) in [6.07, 6.45) is 0. The number of hydrogen-bond donors (Lipinski definition) is 1. The van der Waals surface area contributed by atoms with Crippen LogP contribution < -0.4 is 14.8 Å². The Kier molecular flexibility index (Phi) is 7.91. The summed E-state index contributed by atoms with van der Waals surface area (Å²) in [6, 6.07) is 6.24. The molecule has 1 aromatic rings. The Bertz CT molecular complexity index is 660. The van der Waals surface area contributed by atoms with Crippen LogP contribution in [-0.4, -0.2) is 50.6 Å². The molecule has 1 N–H and O–H groups in total. The number of carbonyl (C=O) groups is 2. The van der Waals surface area contributed by atoms with Crippen LogP contribution in [0, 0.1) is 23.2 Å². The van der Waals surface area contributed by atoms with Crippen molar-refractivity contribution in [2.45, 2.75) is 26.8 Å². The molecule has 26 heavy (non-hydrogen) atoms. The van der Waals surface area contributed by atoms with Gasteiger partial charge in [0, 0.05) is 25.2 Å². The van der Waals surface area contributed by atoms with Crippen molar-refractivity contribution >= 4 is 11.8 Å². The van der Waals surface area contributed by atoms with Crippen LogP contribution >= 0.6 is 0 Å². The molecule has 0 aliphatic heterocycles.